The van der Waals surface area contributed by atoms with E-state index in [2.05, 4.69) is 20.3 Å². The van der Waals surface area contributed by atoms with Gasteiger partial charge in [0.1, 0.15) is 5.69 Å². The maximum atomic E-state index is 12.6. The van der Waals surface area contributed by atoms with Crippen molar-refractivity contribution < 1.29 is 4.79 Å². The van der Waals surface area contributed by atoms with Crippen LogP contribution in [0.3, 0.4) is 0 Å². The fourth-order valence-corrected chi connectivity index (χ4v) is 2.92. The van der Waals surface area contributed by atoms with E-state index in [1.54, 1.807) is 17.8 Å². The fraction of sp³-hybridized carbons (Fsp3) is 0.250. The number of nitrogens with zero attached hydrogens (tertiary/aromatic N) is 5. The highest BCUT2D eigenvalue weighted by molar-refractivity contribution is 7.16. The van der Waals surface area contributed by atoms with E-state index in [9.17, 15) is 4.79 Å². The van der Waals surface area contributed by atoms with Crippen LogP contribution in [0.4, 0.5) is 17.5 Å². The number of hydrogen-bond donors (Lipinski definition) is 1. The number of anilines is 3. The van der Waals surface area contributed by atoms with Gasteiger partial charge in [-0.3, -0.25) is 4.79 Å². The molecular formula is C16H18N6OS. The van der Waals surface area contributed by atoms with Crippen molar-refractivity contribution >= 4 is 44.9 Å². The lowest BCUT2D eigenvalue weighted by Crippen LogP contribution is -2.21. The highest BCUT2D eigenvalue weighted by atomic mass is 32.1. The van der Waals surface area contributed by atoms with Crippen molar-refractivity contribution in [3.05, 3.63) is 35.5 Å². The molecule has 124 valence electrons. The second kappa shape index (κ2) is 6.40. The van der Waals surface area contributed by atoms with Crippen molar-refractivity contribution in [3.63, 3.8) is 0 Å². The lowest BCUT2D eigenvalue weighted by Gasteiger charge is -2.19. The number of nitrogens with one attached hydrogen (secondary N) is 1. The Morgan fingerprint density at radius 1 is 1.12 bits per heavy atom. The highest BCUT2D eigenvalue weighted by Crippen LogP contribution is 2.24. The van der Waals surface area contributed by atoms with Crippen LogP contribution in [0.25, 0.3) is 10.2 Å². The third kappa shape index (κ3) is 3.13. The van der Waals surface area contributed by atoms with Gasteiger partial charge in [0.15, 0.2) is 5.82 Å². The minimum absolute atomic E-state index is 0.199. The summed E-state index contributed by atoms with van der Waals surface area (Å²) in [7, 11) is 7.50. The molecule has 24 heavy (non-hydrogen) atoms. The minimum Gasteiger partial charge on any atom is -0.361 e. The third-order valence-corrected chi connectivity index (χ3v) is 4.21. The van der Waals surface area contributed by atoms with E-state index in [0.29, 0.717) is 23.0 Å². The van der Waals surface area contributed by atoms with Gasteiger partial charge in [0.2, 0.25) is 5.95 Å². The Kier molecular flexibility index (Phi) is 4.30. The summed E-state index contributed by atoms with van der Waals surface area (Å²) in [4.78, 5) is 29.2. The van der Waals surface area contributed by atoms with Crippen molar-refractivity contribution in [2.75, 3.05) is 43.3 Å². The molecule has 0 aliphatic heterocycles. The van der Waals surface area contributed by atoms with E-state index in [1.165, 1.54) is 11.3 Å². The van der Waals surface area contributed by atoms with Gasteiger partial charge in [0.05, 0.1) is 21.9 Å². The smallest absolute Gasteiger partial charge is 0.255 e. The molecule has 3 rings (SSSR count). The summed E-state index contributed by atoms with van der Waals surface area (Å²) in [6, 6.07) is 5.45. The van der Waals surface area contributed by atoms with Gasteiger partial charge in [-0.15, -0.1) is 11.3 Å². The van der Waals surface area contributed by atoms with Crippen LogP contribution in [0.1, 0.15) is 10.4 Å². The Morgan fingerprint density at radius 2 is 1.92 bits per heavy atom. The topological polar surface area (TPSA) is 74.2 Å². The van der Waals surface area contributed by atoms with Gasteiger partial charge < -0.3 is 15.1 Å². The van der Waals surface area contributed by atoms with Crippen molar-refractivity contribution in [1.29, 1.82) is 0 Å². The number of fused-ring (bicyclic) bond motifs is 1. The van der Waals surface area contributed by atoms with E-state index in [0.717, 1.165) is 10.2 Å². The molecule has 0 saturated heterocycles. The second-order valence-corrected chi connectivity index (χ2v) is 6.57. The molecule has 1 amide bonds. The number of rotatable bonds is 4. The number of benzene rings is 1. The molecule has 2 heterocycles. The summed E-state index contributed by atoms with van der Waals surface area (Å²) in [6.45, 7) is 0. The first-order valence-corrected chi connectivity index (χ1v) is 8.20. The van der Waals surface area contributed by atoms with Gasteiger partial charge in [-0.05, 0) is 18.2 Å². The second-order valence-electron chi connectivity index (χ2n) is 5.69. The molecule has 7 nitrogen and oxygen atoms in total. The summed E-state index contributed by atoms with van der Waals surface area (Å²) in [5.74, 6) is 1.04. The first kappa shape index (κ1) is 16.1. The zero-order valence-corrected chi connectivity index (χ0v) is 14.8. The molecule has 1 N–H and O–H groups in total. The molecular weight excluding hydrogens is 324 g/mol. The summed E-state index contributed by atoms with van der Waals surface area (Å²) in [5.41, 5.74) is 3.81. The van der Waals surface area contributed by atoms with E-state index in [4.69, 9.17) is 0 Å². The number of carbonyl (C=O) groups excluding carboxylic acids is 1. The Balaban J connectivity index is 1.90. The van der Waals surface area contributed by atoms with E-state index in [1.807, 2.05) is 50.1 Å². The fourth-order valence-electron chi connectivity index (χ4n) is 2.20. The molecule has 1 aromatic carbocycles. The molecule has 8 heteroatoms. The summed E-state index contributed by atoms with van der Waals surface area (Å²) < 4.78 is 0.981. The molecule has 3 aromatic rings. The van der Waals surface area contributed by atoms with Gasteiger partial charge in [0.25, 0.3) is 5.91 Å². The van der Waals surface area contributed by atoms with Crippen molar-refractivity contribution in [3.8, 4) is 0 Å². The number of aromatic nitrogens is 3. The van der Waals surface area contributed by atoms with Gasteiger partial charge in [-0.25, -0.2) is 9.97 Å². The lowest BCUT2D eigenvalue weighted by atomic mass is 10.2. The van der Waals surface area contributed by atoms with E-state index in [-0.39, 0.29) is 5.91 Å². The van der Waals surface area contributed by atoms with Crippen LogP contribution in [0.2, 0.25) is 0 Å². The number of carbonyl (C=O) groups is 1. The van der Waals surface area contributed by atoms with Crippen LogP contribution in [0.15, 0.2) is 29.9 Å². The molecule has 0 saturated carbocycles. The summed E-state index contributed by atoms with van der Waals surface area (Å²) in [6.07, 6.45) is 1.63. The molecule has 2 aromatic heterocycles. The average Bonchev–Trinajstić information content (AvgIpc) is 3.02. The van der Waals surface area contributed by atoms with Gasteiger partial charge in [-0.2, -0.15) is 4.98 Å². The SMILES string of the molecule is CN(C)c1ncc(NC(=O)c2ccc3ncsc3c2)c(N(C)C)n1. The molecule has 0 bridgehead atoms. The van der Waals surface area contributed by atoms with Crippen LogP contribution in [-0.4, -0.2) is 49.0 Å². The molecule has 0 radical (unpaired) electrons. The highest BCUT2D eigenvalue weighted by Gasteiger charge is 2.14. The minimum atomic E-state index is -0.199. The standard InChI is InChI=1S/C16H18N6OS/c1-21(2)14-12(8-17-16(20-14)22(3)4)19-15(23)10-5-6-11-13(7-10)24-9-18-11/h5-9H,1-4H3,(H,19,23). The van der Waals surface area contributed by atoms with Crippen LogP contribution >= 0.6 is 11.3 Å². The summed E-state index contributed by atoms with van der Waals surface area (Å²) >= 11 is 1.51. The van der Waals surface area contributed by atoms with Crippen LogP contribution in [0.5, 0.6) is 0 Å². The number of thiazole rings is 1. The monoisotopic (exact) mass is 342 g/mol. The quantitative estimate of drug-likeness (QED) is 0.785. The zero-order valence-electron chi connectivity index (χ0n) is 13.9. The predicted octanol–water partition coefficient (Wildman–Crippen LogP) is 2.47. The molecule has 0 spiro atoms. The summed E-state index contributed by atoms with van der Waals surface area (Å²) in [5, 5.41) is 2.89. The van der Waals surface area contributed by atoms with Gasteiger partial charge >= 0.3 is 0 Å². The predicted molar refractivity (Wildman–Crippen MR) is 98.3 cm³/mol. The normalized spacial score (nSPS) is 10.7. The Morgan fingerprint density at radius 3 is 2.62 bits per heavy atom. The maximum absolute atomic E-state index is 12.6. The van der Waals surface area contributed by atoms with Crippen molar-refractivity contribution in [2.45, 2.75) is 0 Å². The Hall–Kier alpha value is -2.74. The lowest BCUT2D eigenvalue weighted by molar-refractivity contribution is 0.102. The van der Waals surface area contributed by atoms with Crippen molar-refractivity contribution in [2.24, 2.45) is 0 Å². The molecule has 0 unspecified atom stereocenters. The first-order valence-electron chi connectivity index (χ1n) is 7.32. The largest absolute Gasteiger partial charge is 0.361 e. The van der Waals surface area contributed by atoms with Gasteiger partial charge in [0, 0.05) is 33.8 Å². The Bertz CT molecular complexity index is 889. The molecule has 0 fully saturated rings. The van der Waals surface area contributed by atoms with Crippen LogP contribution < -0.4 is 15.1 Å². The van der Waals surface area contributed by atoms with E-state index >= 15 is 0 Å². The zero-order chi connectivity index (χ0) is 17.3. The van der Waals surface area contributed by atoms with Gasteiger partial charge in [-0.1, -0.05) is 0 Å². The third-order valence-electron chi connectivity index (χ3n) is 3.42. The Labute approximate surface area is 144 Å². The number of amides is 1. The van der Waals surface area contributed by atoms with E-state index < -0.39 is 0 Å². The molecule has 0 aliphatic rings. The van der Waals surface area contributed by atoms with Crippen LogP contribution in [0, 0.1) is 0 Å². The number of hydrogen-bond acceptors (Lipinski definition) is 7. The van der Waals surface area contributed by atoms with Crippen LogP contribution in [-0.2, 0) is 0 Å². The average molecular weight is 342 g/mol. The first-order chi connectivity index (χ1) is 11.5. The molecule has 0 aliphatic carbocycles. The van der Waals surface area contributed by atoms with Crippen molar-refractivity contribution in [1.82, 2.24) is 15.0 Å². The molecule has 0 atom stereocenters. The maximum Gasteiger partial charge on any atom is 0.255 e.